The molecule has 0 radical (unpaired) electrons. The topological polar surface area (TPSA) is 62.3 Å². The van der Waals surface area contributed by atoms with Crippen LogP contribution >= 0.6 is 11.3 Å². The smallest absolute Gasteiger partial charge is 0.246 e. The van der Waals surface area contributed by atoms with Gasteiger partial charge in [-0.25, -0.2) is 4.98 Å². The van der Waals surface area contributed by atoms with Crippen molar-refractivity contribution in [3.05, 3.63) is 16.1 Å². The minimum Gasteiger partial charge on any atom is -0.343 e. The van der Waals surface area contributed by atoms with Gasteiger partial charge in [0.15, 0.2) is 0 Å². The minimum absolute atomic E-state index is 0.0162. The Morgan fingerprint density at radius 3 is 2.83 bits per heavy atom. The van der Waals surface area contributed by atoms with Gasteiger partial charge in [-0.15, -0.1) is 11.3 Å². The molecule has 1 aromatic heterocycles. The summed E-state index contributed by atoms with van der Waals surface area (Å²) < 4.78 is 0. The highest BCUT2D eigenvalue weighted by atomic mass is 32.1. The Morgan fingerprint density at radius 1 is 1.56 bits per heavy atom. The molecule has 5 nitrogen and oxygen atoms in total. The van der Waals surface area contributed by atoms with Crippen molar-refractivity contribution in [3.63, 3.8) is 0 Å². The van der Waals surface area contributed by atoms with E-state index in [0.29, 0.717) is 6.54 Å². The van der Waals surface area contributed by atoms with Crippen LogP contribution in [0.15, 0.2) is 6.20 Å². The molecule has 1 saturated heterocycles. The van der Waals surface area contributed by atoms with Crippen molar-refractivity contribution in [1.82, 2.24) is 15.2 Å². The average molecular weight is 267 g/mol. The molecule has 1 aromatic rings. The predicted molar refractivity (Wildman–Crippen MR) is 69.0 cm³/mol. The quantitative estimate of drug-likeness (QED) is 0.886. The standard InChI is InChI=1S/C12H17N3O2S/c1-7(2)11-12(17)15(5-9(16)14-11)6-10-13-4-8(3)18-10/h4,7,11H,5-6H2,1-3H3,(H,14,16). The number of aromatic nitrogens is 1. The van der Waals surface area contributed by atoms with Crippen molar-refractivity contribution < 1.29 is 9.59 Å². The van der Waals surface area contributed by atoms with E-state index in [1.54, 1.807) is 22.4 Å². The Balaban J connectivity index is 2.11. The largest absolute Gasteiger partial charge is 0.343 e. The van der Waals surface area contributed by atoms with Gasteiger partial charge < -0.3 is 10.2 Å². The maximum Gasteiger partial charge on any atom is 0.246 e. The van der Waals surface area contributed by atoms with Gasteiger partial charge in [0.25, 0.3) is 0 Å². The van der Waals surface area contributed by atoms with E-state index in [0.717, 1.165) is 9.88 Å². The molecule has 18 heavy (non-hydrogen) atoms. The van der Waals surface area contributed by atoms with Gasteiger partial charge in [0, 0.05) is 11.1 Å². The number of carbonyl (C=O) groups is 2. The van der Waals surface area contributed by atoms with Gasteiger partial charge in [-0.1, -0.05) is 13.8 Å². The fourth-order valence-corrected chi connectivity index (χ4v) is 2.76. The van der Waals surface area contributed by atoms with Crippen LogP contribution in [-0.4, -0.2) is 34.3 Å². The molecule has 1 unspecified atom stereocenters. The highest BCUT2D eigenvalue weighted by Gasteiger charge is 2.34. The molecule has 0 aliphatic carbocycles. The molecule has 1 fully saturated rings. The molecular formula is C12H17N3O2S. The average Bonchev–Trinajstić information content (AvgIpc) is 2.68. The number of amides is 2. The number of rotatable bonds is 3. The number of hydrogen-bond acceptors (Lipinski definition) is 4. The van der Waals surface area contributed by atoms with Crippen molar-refractivity contribution in [2.45, 2.75) is 33.4 Å². The summed E-state index contributed by atoms with van der Waals surface area (Å²) in [6.45, 7) is 6.39. The zero-order chi connectivity index (χ0) is 13.3. The number of carbonyl (C=O) groups excluding carboxylic acids is 2. The van der Waals surface area contributed by atoms with E-state index < -0.39 is 6.04 Å². The summed E-state index contributed by atoms with van der Waals surface area (Å²) in [5, 5.41) is 3.61. The molecule has 98 valence electrons. The molecule has 1 N–H and O–H groups in total. The first-order valence-electron chi connectivity index (χ1n) is 5.97. The molecule has 2 amide bonds. The fraction of sp³-hybridized carbons (Fsp3) is 0.583. The highest BCUT2D eigenvalue weighted by Crippen LogP contribution is 2.17. The molecule has 0 aromatic carbocycles. The lowest BCUT2D eigenvalue weighted by atomic mass is 10.0. The second kappa shape index (κ2) is 5.06. The van der Waals surface area contributed by atoms with Crippen LogP contribution in [0.25, 0.3) is 0 Å². The van der Waals surface area contributed by atoms with Crippen molar-refractivity contribution in [3.8, 4) is 0 Å². The van der Waals surface area contributed by atoms with Gasteiger partial charge in [0.05, 0.1) is 6.54 Å². The lowest BCUT2D eigenvalue weighted by molar-refractivity contribution is -0.146. The number of piperazine rings is 1. The molecule has 0 bridgehead atoms. The first kappa shape index (κ1) is 13.0. The van der Waals surface area contributed by atoms with Gasteiger partial charge in [0.1, 0.15) is 17.6 Å². The summed E-state index contributed by atoms with van der Waals surface area (Å²) in [5.74, 6) is -0.0127. The first-order chi connectivity index (χ1) is 8.47. The van der Waals surface area contributed by atoms with Crippen molar-refractivity contribution in [1.29, 1.82) is 0 Å². The van der Waals surface area contributed by atoms with Crippen molar-refractivity contribution in [2.75, 3.05) is 6.54 Å². The van der Waals surface area contributed by atoms with Gasteiger partial charge in [-0.05, 0) is 12.8 Å². The molecule has 2 heterocycles. The predicted octanol–water partition coefficient (Wildman–Crippen LogP) is 0.935. The van der Waals surface area contributed by atoms with Gasteiger partial charge in [-0.3, -0.25) is 9.59 Å². The summed E-state index contributed by atoms with van der Waals surface area (Å²) in [4.78, 5) is 30.7. The van der Waals surface area contributed by atoms with E-state index in [-0.39, 0.29) is 24.3 Å². The van der Waals surface area contributed by atoms with E-state index in [4.69, 9.17) is 0 Å². The number of thiazole rings is 1. The number of hydrogen-bond donors (Lipinski definition) is 1. The summed E-state index contributed by atoms with van der Waals surface area (Å²) >= 11 is 1.56. The third-order valence-electron chi connectivity index (χ3n) is 2.89. The van der Waals surface area contributed by atoms with Crippen LogP contribution in [-0.2, 0) is 16.1 Å². The lowest BCUT2D eigenvalue weighted by Crippen LogP contribution is -2.59. The molecule has 6 heteroatoms. The number of nitrogens with one attached hydrogen (secondary N) is 1. The number of nitrogens with zero attached hydrogens (tertiary/aromatic N) is 2. The normalized spacial score (nSPS) is 20.4. The van der Waals surface area contributed by atoms with Gasteiger partial charge in [-0.2, -0.15) is 0 Å². The van der Waals surface area contributed by atoms with Crippen molar-refractivity contribution >= 4 is 23.2 Å². The van der Waals surface area contributed by atoms with Crippen LogP contribution in [0, 0.1) is 12.8 Å². The monoisotopic (exact) mass is 267 g/mol. The van der Waals surface area contributed by atoms with E-state index in [1.165, 1.54) is 0 Å². The van der Waals surface area contributed by atoms with Crippen LogP contribution < -0.4 is 5.32 Å². The Morgan fingerprint density at radius 2 is 2.28 bits per heavy atom. The highest BCUT2D eigenvalue weighted by molar-refractivity contribution is 7.11. The van der Waals surface area contributed by atoms with E-state index in [1.807, 2.05) is 20.8 Å². The second-order valence-corrected chi connectivity index (χ2v) is 6.17. The van der Waals surface area contributed by atoms with Crippen LogP contribution in [0.5, 0.6) is 0 Å². The first-order valence-corrected chi connectivity index (χ1v) is 6.78. The van der Waals surface area contributed by atoms with E-state index >= 15 is 0 Å². The Labute approximate surface area is 110 Å². The summed E-state index contributed by atoms with van der Waals surface area (Å²) in [6, 6.07) is -0.410. The maximum atomic E-state index is 12.2. The van der Waals surface area contributed by atoms with Crippen LogP contribution in [0.4, 0.5) is 0 Å². The second-order valence-electron chi connectivity index (χ2n) is 4.85. The molecule has 1 aliphatic heterocycles. The minimum atomic E-state index is -0.410. The molecule has 0 spiro atoms. The van der Waals surface area contributed by atoms with Crippen molar-refractivity contribution in [2.24, 2.45) is 5.92 Å². The van der Waals surface area contributed by atoms with E-state index in [2.05, 4.69) is 10.3 Å². The van der Waals surface area contributed by atoms with Crippen LogP contribution in [0.3, 0.4) is 0 Å². The van der Waals surface area contributed by atoms with Gasteiger partial charge in [0.2, 0.25) is 11.8 Å². The molecular weight excluding hydrogens is 250 g/mol. The third-order valence-corrected chi connectivity index (χ3v) is 3.79. The lowest BCUT2D eigenvalue weighted by Gasteiger charge is -2.33. The summed E-state index contributed by atoms with van der Waals surface area (Å²) in [5.41, 5.74) is 0. The SMILES string of the molecule is Cc1cnc(CN2CC(=O)NC(C(C)C)C2=O)s1. The molecule has 2 rings (SSSR count). The zero-order valence-corrected chi connectivity index (χ0v) is 11.6. The van der Waals surface area contributed by atoms with Crippen LogP contribution in [0.2, 0.25) is 0 Å². The summed E-state index contributed by atoms with van der Waals surface area (Å²) in [6.07, 6.45) is 1.79. The Kier molecular flexibility index (Phi) is 3.65. The molecule has 1 aliphatic rings. The van der Waals surface area contributed by atoms with E-state index in [9.17, 15) is 9.59 Å². The van der Waals surface area contributed by atoms with Crippen LogP contribution in [0.1, 0.15) is 23.7 Å². The Hall–Kier alpha value is -1.43. The molecule has 0 saturated carbocycles. The van der Waals surface area contributed by atoms with Gasteiger partial charge >= 0.3 is 0 Å². The molecule has 1 atom stereocenters. The Bertz CT molecular complexity index is 470. The zero-order valence-electron chi connectivity index (χ0n) is 10.8. The summed E-state index contributed by atoms with van der Waals surface area (Å²) in [7, 11) is 0. The number of aryl methyl sites for hydroxylation is 1. The fourth-order valence-electron chi connectivity index (χ4n) is 1.95. The maximum absolute atomic E-state index is 12.2. The third kappa shape index (κ3) is 2.69.